The Bertz CT molecular complexity index is 851. The van der Waals surface area contributed by atoms with Gasteiger partial charge in [-0.15, -0.1) is 4.83 Å². The van der Waals surface area contributed by atoms with Gasteiger partial charge in [-0.25, -0.2) is 8.42 Å². The first-order valence-electron chi connectivity index (χ1n) is 7.12. The molecule has 0 heterocycles. The lowest BCUT2D eigenvalue weighted by atomic mass is 10.1. The summed E-state index contributed by atoms with van der Waals surface area (Å²) in [5.41, 5.74) is 0.824. The SMILES string of the molecule is CC(C)(Oc1ccc(Cl)cc1)C(=O)NNS(=O)(=O)c1ccc(Cl)cc1. The summed E-state index contributed by atoms with van der Waals surface area (Å²) in [5, 5.41) is 0.936. The number of rotatable bonds is 6. The van der Waals surface area contributed by atoms with E-state index in [1.165, 1.54) is 38.1 Å². The van der Waals surface area contributed by atoms with Crippen LogP contribution in [0.3, 0.4) is 0 Å². The molecular weight excluding hydrogens is 387 g/mol. The zero-order valence-electron chi connectivity index (χ0n) is 13.4. The Balaban J connectivity index is 2.02. The maximum atomic E-state index is 12.3. The third kappa shape index (κ3) is 5.34. The highest BCUT2D eigenvalue weighted by molar-refractivity contribution is 7.89. The number of hydrazine groups is 1. The number of carbonyl (C=O) groups is 1. The highest BCUT2D eigenvalue weighted by atomic mass is 35.5. The van der Waals surface area contributed by atoms with Crippen molar-refractivity contribution in [2.45, 2.75) is 24.3 Å². The van der Waals surface area contributed by atoms with Gasteiger partial charge in [0.1, 0.15) is 5.75 Å². The second kappa shape index (κ2) is 7.61. The first kappa shape index (κ1) is 19.5. The van der Waals surface area contributed by atoms with Crippen LogP contribution in [-0.4, -0.2) is 19.9 Å². The molecule has 0 aliphatic carbocycles. The Hall–Kier alpha value is -1.80. The van der Waals surface area contributed by atoms with Crippen molar-refractivity contribution in [3.05, 3.63) is 58.6 Å². The molecule has 2 aromatic carbocycles. The lowest BCUT2D eigenvalue weighted by Gasteiger charge is -2.25. The van der Waals surface area contributed by atoms with E-state index in [1.54, 1.807) is 24.3 Å². The first-order valence-corrected chi connectivity index (χ1v) is 9.36. The summed E-state index contributed by atoms with van der Waals surface area (Å²) >= 11 is 11.5. The average Bonchev–Trinajstić information content (AvgIpc) is 2.55. The van der Waals surface area contributed by atoms with Crippen molar-refractivity contribution in [1.29, 1.82) is 0 Å². The number of hydrogen-bond donors (Lipinski definition) is 2. The Morgan fingerprint density at radius 3 is 1.96 bits per heavy atom. The van der Waals surface area contributed by atoms with E-state index in [9.17, 15) is 13.2 Å². The van der Waals surface area contributed by atoms with Crippen LogP contribution in [0.4, 0.5) is 0 Å². The number of sulfonamides is 1. The van der Waals surface area contributed by atoms with Crippen molar-refractivity contribution < 1.29 is 17.9 Å². The topological polar surface area (TPSA) is 84.5 Å². The standard InChI is InChI=1S/C16H16Cl2N2O4S/c1-16(2,24-13-7-3-11(17)4-8-13)15(21)19-20-25(22,23)14-9-5-12(18)6-10-14/h3-10,20H,1-2H3,(H,19,21). The number of nitrogens with one attached hydrogen (secondary N) is 2. The van der Waals surface area contributed by atoms with Crippen LogP contribution < -0.4 is 15.0 Å². The molecule has 0 radical (unpaired) electrons. The molecule has 2 aromatic rings. The Morgan fingerprint density at radius 1 is 0.960 bits per heavy atom. The number of halogens is 2. The molecule has 0 saturated carbocycles. The average molecular weight is 403 g/mol. The molecule has 0 aliphatic rings. The summed E-state index contributed by atoms with van der Waals surface area (Å²) in [5.74, 6) is -0.245. The fourth-order valence-corrected chi connectivity index (χ4v) is 2.87. The lowest BCUT2D eigenvalue weighted by Crippen LogP contribution is -2.52. The van der Waals surface area contributed by atoms with Gasteiger partial charge < -0.3 is 4.74 Å². The van der Waals surface area contributed by atoms with Crippen molar-refractivity contribution in [2.75, 3.05) is 0 Å². The smallest absolute Gasteiger partial charge is 0.278 e. The minimum atomic E-state index is -3.92. The highest BCUT2D eigenvalue weighted by Gasteiger charge is 2.31. The van der Waals surface area contributed by atoms with Gasteiger partial charge in [-0.2, -0.15) is 0 Å². The number of carbonyl (C=O) groups excluding carboxylic acids is 1. The molecule has 6 nitrogen and oxygen atoms in total. The molecule has 9 heteroatoms. The molecule has 0 aliphatic heterocycles. The van der Waals surface area contributed by atoms with Crippen LogP contribution in [0, 0.1) is 0 Å². The Labute approximate surface area is 156 Å². The summed E-state index contributed by atoms with van der Waals surface area (Å²) in [6, 6.07) is 12.0. The van der Waals surface area contributed by atoms with Gasteiger partial charge in [-0.05, 0) is 62.4 Å². The van der Waals surface area contributed by atoms with E-state index in [2.05, 4.69) is 5.43 Å². The van der Waals surface area contributed by atoms with Crippen LogP contribution in [0.5, 0.6) is 5.75 Å². The van der Waals surface area contributed by atoms with Crippen LogP contribution in [0.1, 0.15) is 13.8 Å². The molecule has 0 unspecified atom stereocenters. The molecule has 0 spiro atoms. The quantitative estimate of drug-likeness (QED) is 0.726. The number of amides is 1. The minimum absolute atomic E-state index is 0.0337. The molecule has 2 rings (SSSR count). The monoisotopic (exact) mass is 402 g/mol. The zero-order valence-corrected chi connectivity index (χ0v) is 15.7. The van der Waals surface area contributed by atoms with Crippen LogP contribution in [0.2, 0.25) is 10.0 Å². The fourth-order valence-electron chi connectivity index (χ4n) is 1.78. The van der Waals surface area contributed by atoms with E-state index in [1.807, 2.05) is 4.83 Å². The van der Waals surface area contributed by atoms with Gasteiger partial charge in [-0.1, -0.05) is 23.2 Å². The molecule has 0 aromatic heterocycles. The molecule has 25 heavy (non-hydrogen) atoms. The van der Waals surface area contributed by atoms with E-state index in [-0.39, 0.29) is 4.90 Å². The van der Waals surface area contributed by atoms with Crippen molar-refractivity contribution in [1.82, 2.24) is 10.3 Å². The van der Waals surface area contributed by atoms with E-state index < -0.39 is 21.5 Å². The van der Waals surface area contributed by atoms with Crippen LogP contribution >= 0.6 is 23.2 Å². The maximum Gasteiger partial charge on any atom is 0.278 e. The molecule has 0 bridgehead atoms. The van der Waals surface area contributed by atoms with E-state index in [0.29, 0.717) is 15.8 Å². The summed E-state index contributed by atoms with van der Waals surface area (Å²) in [6.45, 7) is 3.01. The van der Waals surface area contributed by atoms with Gasteiger partial charge in [0.05, 0.1) is 4.90 Å². The Morgan fingerprint density at radius 2 is 1.44 bits per heavy atom. The van der Waals surface area contributed by atoms with Crippen molar-refractivity contribution in [3.8, 4) is 5.75 Å². The summed E-state index contributed by atoms with van der Waals surface area (Å²) in [4.78, 5) is 14.2. The van der Waals surface area contributed by atoms with E-state index in [4.69, 9.17) is 27.9 Å². The number of benzene rings is 2. The molecular formula is C16H16Cl2N2O4S. The summed E-state index contributed by atoms with van der Waals surface area (Å²) < 4.78 is 29.9. The van der Waals surface area contributed by atoms with Crippen LogP contribution in [-0.2, 0) is 14.8 Å². The zero-order chi connectivity index (χ0) is 18.7. The highest BCUT2D eigenvalue weighted by Crippen LogP contribution is 2.21. The molecule has 0 atom stereocenters. The fraction of sp³-hybridized carbons (Fsp3) is 0.188. The van der Waals surface area contributed by atoms with Gasteiger partial charge in [0, 0.05) is 10.0 Å². The number of hydrogen-bond acceptors (Lipinski definition) is 4. The predicted molar refractivity (Wildman–Crippen MR) is 96.1 cm³/mol. The van der Waals surface area contributed by atoms with E-state index >= 15 is 0 Å². The molecule has 0 saturated heterocycles. The second-order valence-corrected chi connectivity index (χ2v) is 8.14. The molecule has 1 amide bonds. The summed E-state index contributed by atoms with van der Waals surface area (Å²) in [7, 11) is -3.92. The normalized spacial score (nSPS) is 11.8. The van der Waals surface area contributed by atoms with Crippen molar-refractivity contribution in [2.24, 2.45) is 0 Å². The van der Waals surface area contributed by atoms with E-state index in [0.717, 1.165) is 0 Å². The van der Waals surface area contributed by atoms with Gasteiger partial charge in [0.25, 0.3) is 15.9 Å². The van der Waals surface area contributed by atoms with Crippen LogP contribution in [0.15, 0.2) is 53.4 Å². The maximum absolute atomic E-state index is 12.3. The molecule has 0 fully saturated rings. The largest absolute Gasteiger partial charge is 0.478 e. The Kier molecular flexibility index (Phi) is 5.95. The van der Waals surface area contributed by atoms with Gasteiger partial charge >= 0.3 is 0 Å². The molecule has 134 valence electrons. The van der Waals surface area contributed by atoms with Gasteiger partial charge in [0.15, 0.2) is 5.60 Å². The van der Waals surface area contributed by atoms with Crippen molar-refractivity contribution in [3.63, 3.8) is 0 Å². The van der Waals surface area contributed by atoms with Crippen LogP contribution in [0.25, 0.3) is 0 Å². The third-order valence-corrected chi connectivity index (χ3v) is 4.92. The van der Waals surface area contributed by atoms with Gasteiger partial charge in [0.2, 0.25) is 0 Å². The lowest BCUT2D eigenvalue weighted by molar-refractivity contribution is -0.134. The predicted octanol–water partition coefficient (Wildman–Crippen LogP) is 3.16. The third-order valence-electron chi connectivity index (χ3n) is 3.16. The summed E-state index contributed by atoms with van der Waals surface area (Å²) in [6.07, 6.45) is 0. The second-order valence-electron chi connectivity index (χ2n) is 5.58. The molecule has 2 N–H and O–H groups in total. The van der Waals surface area contributed by atoms with Crippen molar-refractivity contribution >= 4 is 39.1 Å². The first-order chi connectivity index (χ1) is 11.6. The number of ether oxygens (including phenoxy) is 1. The van der Waals surface area contributed by atoms with Gasteiger partial charge in [-0.3, -0.25) is 10.2 Å². The minimum Gasteiger partial charge on any atom is -0.478 e.